The van der Waals surface area contributed by atoms with Gasteiger partial charge in [-0.2, -0.15) is 9.61 Å². The van der Waals surface area contributed by atoms with E-state index in [1.807, 2.05) is 37.3 Å². The molecule has 0 bridgehead atoms. The van der Waals surface area contributed by atoms with E-state index in [0.717, 1.165) is 28.7 Å². The number of nitrogen functional groups attached to an aromatic ring is 1. The second-order valence-corrected chi connectivity index (χ2v) is 9.30. The summed E-state index contributed by atoms with van der Waals surface area (Å²) in [4.78, 5) is 33.7. The van der Waals surface area contributed by atoms with Crippen LogP contribution in [0.15, 0.2) is 55.4 Å². The van der Waals surface area contributed by atoms with E-state index >= 15 is 0 Å². The number of aromatic nitrogens is 4. The fraction of sp³-hybridized carbons (Fsp3) is 0.321. The largest absolute Gasteiger partial charge is 0.395 e. The SMILES string of the molecule is C=C/C(=C\C=C/C)c1ccc(-c2cnn3c(N)c(C(C)=O)c(C4CCC(C=O)(CO)CC4)nc23)cn1. The molecular weight excluding hydrogens is 454 g/mol. The van der Waals surface area contributed by atoms with Gasteiger partial charge in [-0.1, -0.05) is 36.9 Å². The standard InChI is InChI=1S/C28H31N5O3/c1-4-6-7-19(5-2)23-9-8-21(14-30-23)22-15-31-33-26(29)24(18(3)36)25(32-27(22)33)20-10-12-28(16-34,17-35)13-11-20/h4-9,14-16,20,35H,2,10-13,17,29H2,1,3H3/b6-4-,19-7+. The number of allylic oxidation sites excluding steroid dienone is 5. The number of pyridine rings is 1. The lowest BCUT2D eigenvalue weighted by atomic mass is 9.70. The fourth-order valence-electron chi connectivity index (χ4n) is 4.85. The number of carbonyl (C=O) groups excluding carboxylic acids is 2. The number of aliphatic hydroxyl groups excluding tert-OH is 1. The molecule has 0 radical (unpaired) electrons. The van der Waals surface area contributed by atoms with Crippen LogP contribution in [0.1, 0.15) is 67.2 Å². The number of hydrogen-bond donors (Lipinski definition) is 2. The number of anilines is 1. The first-order valence-electron chi connectivity index (χ1n) is 12.1. The third kappa shape index (κ3) is 4.52. The molecule has 4 rings (SSSR count). The summed E-state index contributed by atoms with van der Waals surface area (Å²) in [6.45, 7) is 7.11. The molecule has 1 fully saturated rings. The van der Waals surface area contributed by atoms with E-state index in [2.05, 4.69) is 16.7 Å². The lowest BCUT2D eigenvalue weighted by Gasteiger charge is -2.34. The Hall–Kier alpha value is -3.91. The molecule has 1 saturated carbocycles. The highest BCUT2D eigenvalue weighted by Crippen LogP contribution is 2.43. The summed E-state index contributed by atoms with van der Waals surface area (Å²) >= 11 is 0. The topological polar surface area (TPSA) is 123 Å². The van der Waals surface area contributed by atoms with E-state index in [-0.39, 0.29) is 24.1 Å². The van der Waals surface area contributed by atoms with Crippen LogP contribution in [0.4, 0.5) is 5.82 Å². The highest BCUT2D eigenvalue weighted by Gasteiger charge is 2.37. The van der Waals surface area contributed by atoms with E-state index in [0.29, 0.717) is 42.6 Å². The third-order valence-corrected chi connectivity index (χ3v) is 7.05. The van der Waals surface area contributed by atoms with Crippen LogP contribution in [0.25, 0.3) is 22.3 Å². The Morgan fingerprint density at radius 3 is 2.61 bits per heavy atom. The number of Topliss-reactive ketones (excluding diaryl/α,β-unsaturated/α-hetero) is 1. The van der Waals surface area contributed by atoms with Crippen molar-refractivity contribution in [2.75, 3.05) is 12.3 Å². The van der Waals surface area contributed by atoms with Crippen LogP contribution in [-0.4, -0.2) is 43.4 Å². The molecule has 3 aromatic heterocycles. The predicted octanol–water partition coefficient (Wildman–Crippen LogP) is 4.56. The number of ketones is 1. The normalized spacial score (nSPS) is 20.6. The van der Waals surface area contributed by atoms with E-state index in [1.54, 1.807) is 18.5 Å². The zero-order chi connectivity index (χ0) is 25.9. The van der Waals surface area contributed by atoms with Gasteiger partial charge in [-0.15, -0.1) is 0 Å². The molecule has 1 aliphatic rings. The average Bonchev–Trinajstić information content (AvgIpc) is 3.33. The number of nitrogens with two attached hydrogens (primary N) is 1. The number of aliphatic hydroxyl groups is 1. The summed E-state index contributed by atoms with van der Waals surface area (Å²) in [6.07, 6.45) is 14.2. The van der Waals surface area contributed by atoms with Gasteiger partial charge in [0.05, 0.1) is 29.8 Å². The second kappa shape index (κ2) is 10.4. The summed E-state index contributed by atoms with van der Waals surface area (Å²) in [7, 11) is 0. The van der Waals surface area contributed by atoms with Crippen molar-refractivity contribution in [2.45, 2.75) is 45.4 Å². The van der Waals surface area contributed by atoms with E-state index in [1.165, 1.54) is 11.4 Å². The molecule has 3 heterocycles. The van der Waals surface area contributed by atoms with Gasteiger partial charge in [0.15, 0.2) is 11.4 Å². The van der Waals surface area contributed by atoms with E-state index in [4.69, 9.17) is 10.7 Å². The molecule has 1 aliphatic carbocycles. The van der Waals surface area contributed by atoms with Crippen molar-refractivity contribution < 1.29 is 14.7 Å². The molecule has 0 saturated heterocycles. The minimum Gasteiger partial charge on any atom is -0.395 e. The zero-order valence-corrected chi connectivity index (χ0v) is 20.6. The Bertz CT molecular complexity index is 1360. The summed E-state index contributed by atoms with van der Waals surface area (Å²) < 4.78 is 1.50. The first-order chi connectivity index (χ1) is 17.4. The van der Waals surface area contributed by atoms with Gasteiger partial charge in [-0.05, 0) is 51.2 Å². The molecule has 3 N–H and O–H groups in total. The van der Waals surface area contributed by atoms with E-state index < -0.39 is 5.41 Å². The number of rotatable bonds is 8. The molecule has 8 nitrogen and oxygen atoms in total. The maximum absolute atomic E-state index is 12.6. The quantitative estimate of drug-likeness (QED) is 0.272. The number of hydrogen-bond acceptors (Lipinski definition) is 7. The van der Waals surface area contributed by atoms with Crippen LogP contribution in [0.3, 0.4) is 0 Å². The maximum atomic E-state index is 12.6. The summed E-state index contributed by atoms with van der Waals surface area (Å²) in [6, 6.07) is 3.86. The van der Waals surface area contributed by atoms with Crippen molar-refractivity contribution in [1.29, 1.82) is 0 Å². The van der Waals surface area contributed by atoms with Gasteiger partial charge in [0.25, 0.3) is 0 Å². The van der Waals surface area contributed by atoms with Crippen LogP contribution in [0.5, 0.6) is 0 Å². The van der Waals surface area contributed by atoms with Crippen molar-refractivity contribution in [2.24, 2.45) is 5.41 Å². The number of nitrogens with zero attached hydrogens (tertiary/aromatic N) is 4. The summed E-state index contributed by atoms with van der Waals surface area (Å²) in [5.74, 6) is 0.0150. The molecule has 0 aromatic carbocycles. The molecule has 186 valence electrons. The first kappa shape index (κ1) is 25.2. The van der Waals surface area contributed by atoms with Gasteiger partial charge in [0.1, 0.15) is 12.1 Å². The minimum atomic E-state index is -0.719. The van der Waals surface area contributed by atoms with Gasteiger partial charge in [-0.25, -0.2) is 4.98 Å². The predicted molar refractivity (Wildman–Crippen MR) is 140 cm³/mol. The van der Waals surface area contributed by atoms with Gasteiger partial charge in [0, 0.05) is 28.7 Å². The van der Waals surface area contributed by atoms with Crippen LogP contribution in [0, 0.1) is 5.41 Å². The van der Waals surface area contributed by atoms with Gasteiger partial charge in [-0.3, -0.25) is 9.78 Å². The Morgan fingerprint density at radius 1 is 1.31 bits per heavy atom. The lowest BCUT2D eigenvalue weighted by molar-refractivity contribution is -0.120. The molecular formula is C28H31N5O3. The Balaban J connectivity index is 1.77. The molecule has 3 aromatic rings. The van der Waals surface area contributed by atoms with Crippen LogP contribution < -0.4 is 5.73 Å². The fourth-order valence-corrected chi connectivity index (χ4v) is 4.85. The highest BCUT2D eigenvalue weighted by molar-refractivity contribution is 6.00. The van der Waals surface area contributed by atoms with Crippen LogP contribution >= 0.6 is 0 Å². The van der Waals surface area contributed by atoms with Gasteiger partial charge >= 0.3 is 0 Å². The number of aldehydes is 1. The molecule has 36 heavy (non-hydrogen) atoms. The molecule has 0 aliphatic heterocycles. The average molecular weight is 486 g/mol. The van der Waals surface area contributed by atoms with Gasteiger partial charge in [0.2, 0.25) is 0 Å². The molecule has 0 spiro atoms. The minimum absolute atomic E-state index is 0.0500. The van der Waals surface area contributed by atoms with Crippen molar-refractivity contribution >= 4 is 29.1 Å². The van der Waals surface area contributed by atoms with Crippen molar-refractivity contribution in [3.05, 3.63) is 72.4 Å². The molecule has 0 unspecified atom stereocenters. The monoisotopic (exact) mass is 485 g/mol. The van der Waals surface area contributed by atoms with E-state index in [9.17, 15) is 14.7 Å². The summed E-state index contributed by atoms with van der Waals surface area (Å²) in [5, 5.41) is 14.1. The molecule has 8 heteroatoms. The van der Waals surface area contributed by atoms with Crippen LogP contribution in [-0.2, 0) is 4.79 Å². The van der Waals surface area contributed by atoms with Crippen molar-refractivity contribution in [1.82, 2.24) is 19.6 Å². The van der Waals surface area contributed by atoms with Crippen LogP contribution in [0.2, 0.25) is 0 Å². The lowest BCUT2D eigenvalue weighted by Crippen LogP contribution is -2.32. The maximum Gasteiger partial charge on any atom is 0.165 e. The van der Waals surface area contributed by atoms with Gasteiger partial charge < -0.3 is 15.6 Å². The number of carbonyl (C=O) groups is 2. The second-order valence-electron chi connectivity index (χ2n) is 9.30. The number of fused-ring (bicyclic) bond motifs is 1. The van der Waals surface area contributed by atoms with Crippen molar-refractivity contribution in [3.63, 3.8) is 0 Å². The van der Waals surface area contributed by atoms with Crippen molar-refractivity contribution in [3.8, 4) is 11.1 Å². The molecule has 0 amide bonds. The molecule has 0 atom stereocenters. The zero-order valence-electron chi connectivity index (χ0n) is 20.6. The smallest absolute Gasteiger partial charge is 0.165 e. The highest BCUT2D eigenvalue weighted by atomic mass is 16.3. The Kier molecular flexibility index (Phi) is 7.26. The first-order valence-corrected chi connectivity index (χ1v) is 12.1. The Labute approximate surface area is 210 Å². The third-order valence-electron chi connectivity index (χ3n) is 7.05. The summed E-state index contributed by atoms with van der Waals surface area (Å²) in [5.41, 5.74) is 10.5. The Morgan fingerprint density at radius 2 is 2.06 bits per heavy atom.